The van der Waals surface area contributed by atoms with E-state index >= 15 is 0 Å². The standard InChI is InChI=1S/C11H17ClN2O/c1-8(3-2-6-15)14-11-5-4-9(13)7-10(11)12/h4-5,7-8,14-15H,2-3,6,13H2,1H3. The van der Waals surface area contributed by atoms with Crippen molar-refractivity contribution in [3.8, 4) is 0 Å². The molecule has 0 radical (unpaired) electrons. The van der Waals surface area contributed by atoms with Gasteiger partial charge in [-0.25, -0.2) is 0 Å². The van der Waals surface area contributed by atoms with Crippen LogP contribution in [0.4, 0.5) is 11.4 Å². The number of aliphatic hydroxyl groups is 1. The van der Waals surface area contributed by atoms with Crippen molar-refractivity contribution in [3.63, 3.8) is 0 Å². The predicted octanol–water partition coefficient (Wildman–Crippen LogP) is 2.50. The Bertz CT molecular complexity index is 317. The second-order valence-electron chi connectivity index (χ2n) is 3.65. The minimum absolute atomic E-state index is 0.224. The first-order chi connectivity index (χ1) is 7.13. The van der Waals surface area contributed by atoms with Crippen LogP contribution in [0.25, 0.3) is 0 Å². The zero-order valence-corrected chi connectivity index (χ0v) is 9.59. The number of nitrogens with two attached hydrogens (primary N) is 1. The number of rotatable bonds is 5. The smallest absolute Gasteiger partial charge is 0.0658 e. The molecule has 4 N–H and O–H groups in total. The Morgan fingerprint density at radius 3 is 2.87 bits per heavy atom. The summed E-state index contributed by atoms with van der Waals surface area (Å²) in [5.41, 5.74) is 7.14. The third-order valence-corrected chi connectivity index (χ3v) is 2.50. The molecule has 0 aliphatic carbocycles. The van der Waals surface area contributed by atoms with Crippen molar-refractivity contribution in [2.45, 2.75) is 25.8 Å². The highest BCUT2D eigenvalue weighted by atomic mass is 35.5. The topological polar surface area (TPSA) is 58.3 Å². The van der Waals surface area contributed by atoms with Gasteiger partial charge in [-0.15, -0.1) is 0 Å². The Kier molecular flexibility index (Phi) is 4.72. The van der Waals surface area contributed by atoms with Crippen LogP contribution in [0.1, 0.15) is 19.8 Å². The first-order valence-electron chi connectivity index (χ1n) is 5.06. The molecule has 0 spiro atoms. The van der Waals surface area contributed by atoms with E-state index in [-0.39, 0.29) is 6.61 Å². The van der Waals surface area contributed by atoms with Gasteiger partial charge in [0, 0.05) is 18.3 Å². The molecule has 0 aliphatic heterocycles. The lowest BCUT2D eigenvalue weighted by Crippen LogP contribution is -2.15. The lowest BCUT2D eigenvalue weighted by Gasteiger charge is -2.15. The molecule has 3 nitrogen and oxygen atoms in total. The number of aliphatic hydroxyl groups excluding tert-OH is 1. The Balaban J connectivity index is 2.56. The van der Waals surface area contributed by atoms with E-state index in [0.29, 0.717) is 16.8 Å². The van der Waals surface area contributed by atoms with Crippen LogP contribution in [0.2, 0.25) is 5.02 Å². The average Bonchev–Trinajstić information content (AvgIpc) is 2.19. The number of halogens is 1. The van der Waals surface area contributed by atoms with E-state index in [9.17, 15) is 0 Å². The van der Waals surface area contributed by atoms with Crippen LogP contribution in [0.15, 0.2) is 18.2 Å². The summed E-state index contributed by atoms with van der Waals surface area (Å²) in [7, 11) is 0. The fraction of sp³-hybridized carbons (Fsp3) is 0.455. The molecule has 0 aromatic heterocycles. The van der Waals surface area contributed by atoms with E-state index in [1.165, 1.54) is 0 Å². The number of anilines is 2. The molecule has 0 saturated heterocycles. The van der Waals surface area contributed by atoms with Gasteiger partial charge in [0.05, 0.1) is 10.7 Å². The van der Waals surface area contributed by atoms with Gasteiger partial charge >= 0.3 is 0 Å². The average molecular weight is 229 g/mol. The maximum atomic E-state index is 8.70. The summed E-state index contributed by atoms with van der Waals surface area (Å²) >= 11 is 6.02. The number of nitrogen functional groups attached to an aromatic ring is 1. The molecule has 1 atom stereocenters. The first-order valence-corrected chi connectivity index (χ1v) is 5.43. The van der Waals surface area contributed by atoms with Crippen molar-refractivity contribution in [2.24, 2.45) is 0 Å². The van der Waals surface area contributed by atoms with Crippen molar-refractivity contribution in [2.75, 3.05) is 17.7 Å². The summed E-state index contributed by atoms with van der Waals surface area (Å²) in [6.07, 6.45) is 1.71. The van der Waals surface area contributed by atoms with E-state index in [0.717, 1.165) is 18.5 Å². The van der Waals surface area contributed by atoms with Crippen LogP contribution >= 0.6 is 11.6 Å². The van der Waals surface area contributed by atoms with Gasteiger partial charge in [-0.3, -0.25) is 0 Å². The predicted molar refractivity (Wildman–Crippen MR) is 65.3 cm³/mol. The number of nitrogens with one attached hydrogen (secondary N) is 1. The number of hydrogen-bond donors (Lipinski definition) is 3. The van der Waals surface area contributed by atoms with Crippen LogP contribution in [0, 0.1) is 0 Å². The molecule has 0 aliphatic rings. The van der Waals surface area contributed by atoms with Gasteiger partial charge in [0.1, 0.15) is 0 Å². The van der Waals surface area contributed by atoms with E-state index in [4.69, 9.17) is 22.4 Å². The normalized spacial score (nSPS) is 12.5. The molecule has 15 heavy (non-hydrogen) atoms. The summed E-state index contributed by atoms with van der Waals surface area (Å²) in [6.45, 7) is 2.28. The fourth-order valence-corrected chi connectivity index (χ4v) is 1.63. The second-order valence-corrected chi connectivity index (χ2v) is 4.06. The molecule has 4 heteroatoms. The molecular weight excluding hydrogens is 212 g/mol. The van der Waals surface area contributed by atoms with Crippen LogP contribution < -0.4 is 11.1 Å². The van der Waals surface area contributed by atoms with Crippen molar-refractivity contribution >= 4 is 23.0 Å². The van der Waals surface area contributed by atoms with Gasteiger partial charge in [-0.05, 0) is 38.0 Å². The van der Waals surface area contributed by atoms with Gasteiger partial charge in [0.25, 0.3) is 0 Å². The van der Waals surface area contributed by atoms with Gasteiger partial charge < -0.3 is 16.2 Å². The third kappa shape index (κ3) is 3.98. The van der Waals surface area contributed by atoms with E-state index < -0.39 is 0 Å². The lowest BCUT2D eigenvalue weighted by molar-refractivity contribution is 0.282. The summed E-state index contributed by atoms with van der Waals surface area (Å²) in [4.78, 5) is 0. The summed E-state index contributed by atoms with van der Waals surface area (Å²) in [6, 6.07) is 5.70. The highest BCUT2D eigenvalue weighted by molar-refractivity contribution is 6.33. The zero-order chi connectivity index (χ0) is 11.3. The van der Waals surface area contributed by atoms with Crippen LogP contribution in [0.5, 0.6) is 0 Å². The second kappa shape index (κ2) is 5.83. The Morgan fingerprint density at radius 1 is 1.53 bits per heavy atom. The van der Waals surface area contributed by atoms with E-state index in [1.54, 1.807) is 6.07 Å². The highest BCUT2D eigenvalue weighted by Gasteiger charge is 2.04. The van der Waals surface area contributed by atoms with E-state index in [2.05, 4.69) is 12.2 Å². The quantitative estimate of drug-likeness (QED) is 0.679. The molecule has 0 heterocycles. The molecule has 1 aromatic carbocycles. The van der Waals surface area contributed by atoms with Crippen LogP contribution in [0.3, 0.4) is 0 Å². The highest BCUT2D eigenvalue weighted by Crippen LogP contribution is 2.25. The minimum atomic E-state index is 0.224. The van der Waals surface area contributed by atoms with Crippen molar-refractivity contribution in [1.29, 1.82) is 0 Å². The van der Waals surface area contributed by atoms with Gasteiger partial charge in [0.15, 0.2) is 0 Å². The molecule has 0 bridgehead atoms. The summed E-state index contributed by atoms with van der Waals surface area (Å²) in [5, 5.41) is 12.6. The fourth-order valence-electron chi connectivity index (χ4n) is 1.38. The van der Waals surface area contributed by atoms with Crippen LogP contribution in [-0.2, 0) is 0 Å². The van der Waals surface area contributed by atoms with Gasteiger partial charge in [-0.2, -0.15) is 0 Å². The largest absolute Gasteiger partial charge is 0.399 e. The van der Waals surface area contributed by atoms with Gasteiger partial charge in [-0.1, -0.05) is 11.6 Å². The van der Waals surface area contributed by atoms with Crippen molar-refractivity contribution in [3.05, 3.63) is 23.2 Å². The molecule has 1 rings (SSSR count). The van der Waals surface area contributed by atoms with E-state index in [1.807, 2.05) is 12.1 Å². The molecule has 0 saturated carbocycles. The Morgan fingerprint density at radius 2 is 2.27 bits per heavy atom. The third-order valence-electron chi connectivity index (χ3n) is 2.19. The molecule has 0 amide bonds. The monoisotopic (exact) mass is 228 g/mol. The summed E-state index contributed by atoms with van der Waals surface area (Å²) in [5.74, 6) is 0. The maximum absolute atomic E-state index is 8.70. The molecule has 1 unspecified atom stereocenters. The SMILES string of the molecule is CC(CCCO)Nc1ccc(N)cc1Cl. The minimum Gasteiger partial charge on any atom is -0.399 e. The molecular formula is C11H17ClN2O. The lowest BCUT2D eigenvalue weighted by atomic mass is 10.1. The zero-order valence-electron chi connectivity index (χ0n) is 8.83. The first kappa shape index (κ1) is 12.1. The van der Waals surface area contributed by atoms with Crippen molar-refractivity contribution in [1.82, 2.24) is 0 Å². The van der Waals surface area contributed by atoms with Crippen molar-refractivity contribution < 1.29 is 5.11 Å². The molecule has 1 aromatic rings. The Labute approximate surface area is 95.2 Å². The molecule has 0 fully saturated rings. The Hall–Kier alpha value is -0.930. The number of benzene rings is 1. The summed E-state index contributed by atoms with van der Waals surface area (Å²) < 4.78 is 0. The molecule has 84 valence electrons. The maximum Gasteiger partial charge on any atom is 0.0658 e. The van der Waals surface area contributed by atoms with Gasteiger partial charge in [0.2, 0.25) is 0 Å². The van der Waals surface area contributed by atoms with Crippen LogP contribution in [-0.4, -0.2) is 17.8 Å². The number of hydrogen-bond acceptors (Lipinski definition) is 3.